The topological polar surface area (TPSA) is 64.4 Å². The smallest absolute Gasteiger partial charge is 0.233 e. The highest BCUT2D eigenvalue weighted by atomic mass is 32.1. The number of thiophene rings is 1. The molecule has 1 saturated heterocycles. The molecule has 3 N–H and O–H groups in total. The summed E-state index contributed by atoms with van der Waals surface area (Å²) >= 11 is 6.80. The molecule has 20 heavy (non-hydrogen) atoms. The molecule has 2 heterocycles. The van der Waals surface area contributed by atoms with E-state index >= 15 is 0 Å². The van der Waals surface area contributed by atoms with Crippen molar-refractivity contribution in [1.82, 2.24) is 5.32 Å². The van der Waals surface area contributed by atoms with Crippen LogP contribution in [0.1, 0.15) is 30.2 Å². The molecule has 110 valence electrons. The SMILES string of the molecule is CCc1ccsc1CNC(=O)C1(C(N)=S)CCOCC1. The highest BCUT2D eigenvalue weighted by Gasteiger charge is 2.42. The number of nitrogens with two attached hydrogens (primary N) is 1. The second-order valence-electron chi connectivity index (χ2n) is 4.96. The fourth-order valence-corrected chi connectivity index (χ4v) is 3.68. The molecule has 1 fully saturated rings. The summed E-state index contributed by atoms with van der Waals surface area (Å²) in [5.41, 5.74) is 6.37. The molecule has 1 aromatic heterocycles. The predicted molar refractivity (Wildman–Crippen MR) is 84.8 cm³/mol. The zero-order chi connectivity index (χ0) is 14.6. The number of carbonyl (C=O) groups is 1. The third-order valence-corrected chi connectivity index (χ3v) is 5.23. The summed E-state index contributed by atoms with van der Waals surface area (Å²) in [6.45, 7) is 3.72. The van der Waals surface area contributed by atoms with E-state index in [1.54, 1.807) is 11.3 Å². The molecule has 0 atom stereocenters. The number of hydrogen-bond acceptors (Lipinski definition) is 4. The molecular formula is C14H20N2O2S2. The quantitative estimate of drug-likeness (QED) is 0.816. The molecule has 0 aromatic carbocycles. The van der Waals surface area contributed by atoms with Gasteiger partial charge in [0.15, 0.2) is 0 Å². The molecule has 0 unspecified atom stereocenters. The van der Waals surface area contributed by atoms with Gasteiger partial charge in [-0.3, -0.25) is 4.79 Å². The zero-order valence-electron chi connectivity index (χ0n) is 11.6. The number of carbonyl (C=O) groups excluding carboxylic acids is 1. The first-order valence-corrected chi connectivity index (χ1v) is 8.10. The fraction of sp³-hybridized carbons (Fsp3) is 0.571. The number of rotatable bonds is 5. The van der Waals surface area contributed by atoms with Gasteiger partial charge >= 0.3 is 0 Å². The third-order valence-electron chi connectivity index (χ3n) is 3.88. The molecule has 4 nitrogen and oxygen atoms in total. The van der Waals surface area contributed by atoms with Crippen molar-refractivity contribution in [2.45, 2.75) is 32.7 Å². The lowest BCUT2D eigenvalue weighted by Crippen LogP contribution is -2.51. The number of nitrogens with one attached hydrogen (secondary N) is 1. The maximum atomic E-state index is 12.5. The summed E-state index contributed by atoms with van der Waals surface area (Å²) in [7, 11) is 0. The lowest BCUT2D eigenvalue weighted by molar-refractivity contribution is -0.131. The molecular weight excluding hydrogens is 292 g/mol. The second kappa shape index (κ2) is 6.65. The second-order valence-corrected chi connectivity index (χ2v) is 6.40. The molecule has 0 radical (unpaired) electrons. The highest BCUT2D eigenvalue weighted by Crippen LogP contribution is 2.31. The monoisotopic (exact) mass is 312 g/mol. The maximum absolute atomic E-state index is 12.5. The van der Waals surface area contributed by atoms with Crippen molar-refractivity contribution in [3.63, 3.8) is 0 Å². The van der Waals surface area contributed by atoms with Crippen LogP contribution in [0.4, 0.5) is 0 Å². The van der Waals surface area contributed by atoms with Crippen LogP contribution in [0.2, 0.25) is 0 Å². The summed E-state index contributed by atoms with van der Waals surface area (Å²) in [5, 5.41) is 5.05. The first kappa shape index (κ1) is 15.4. The summed E-state index contributed by atoms with van der Waals surface area (Å²) in [5.74, 6) is -0.0660. The molecule has 1 aliphatic heterocycles. The lowest BCUT2D eigenvalue weighted by Gasteiger charge is -2.34. The van der Waals surface area contributed by atoms with Crippen molar-refractivity contribution in [2.75, 3.05) is 13.2 Å². The Morgan fingerprint density at radius 2 is 2.25 bits per heavy atom. The Balaban J connectivity index is 2.04. The van der Waals surface area contributed by atoms with Gasteiger partial charge in [0.25, 0.3) is 0 Å². The molecule has 6 heteroatoms. The summed E-state index contributed by atoms with van der Waals surface area (Å²) < 4.78 is 5.32. The van der Waals surface area contributed by atoms with E-state index in [0.717, 1.165) is 6.42 Å². The molecule has 0 aliphatic carbocycles. The zero-order valence-corrected chi connectivity index (χ0v) is 13.2. The molecule has 0 bridgehead atoms. The molecule has 1 aliphatic rings. The maximum Gasteiger partial charge on any atom is 0.233 e. The minimum atomic E-state index is -0.739. The van der Waals surface area contributed by atoms with E-state index in [4.69, 9.17) is 22.7 Å². The Kier molecular flexibility index (Phi) is 5.12. The van der Waals surface area contributed by atoms with Gasteiger partial charge in [0.05, 0.1) is 11.5 Å². The van der Waals surface area contributed by atoms with E-state index in [2.05, 4.69) is 23.7 Å². The molecule has 0 spiro atoms. The van der Waals surface area contributed by atoms with Crippen molar-refractivity contribution < 1.29 is 9.53 Å². The van der Waals surface area contributed by atoms with Crippen molar-refractivity contribution in [2.24, 2.45) is 11.1 Å². The van der Waals surface area contributed by atoms with E-state index in [9.17, 15) is 4.79 Å². The Bertz CT molecular complexity index is 493. The van der Waals surface area contributed by atoms with E-state index < -0.39 is 5.41 Å². The van der Waals surface area contributed by atoms with Crippen LogP contribution in [0.25, 0.3) is 0 Å². The summed E-state index contributed by atoms with van der Waals surface area (Å²) in [4.78, 5) is 14.0. The van der Waals surface area contributed by atoms with Crippen LogP contribution in [0.15, 0.2) is 11.4 Å². The van der Waals surface area contributed by atoms with Crippen molar-refractivity contribution in [3.05, 3.63) is 21.9 Å². The number of thiocarbonyl (C=S) groups is 1. The molecule has 2 rings (SSSR count). The van der Waals surface area contributed by atoms with Crippen molar-refractivity contribution >= 4 is 34.5 Å². The summed E-state index contributed by atoms with van der Waals surface area (Å²) in [6, 6.07) is 2.10. The minimum Gasteiger partial charge on any atom is -0.392 e. The Hall–Kier alpha value is -0.980. The molecule has 1 aromatic rings. The average molecular weight is 312 g/mol. The number of hydrogen-bond donors (Lipinski definition) is 2. The van der Waals surface area contributed by atoms with E-state index in [1.807, 2.05) is 0 Å². The van der Waals surface area contributed by atoms with Crippen molar-refractivity contribution in [3.8, 4) is 0 Å². The van der Waals surface area contributed by atoms with E-state index in [1.165, 1.54) is 10.4 Å². The van der Waals surface area contributed by atoms with E-state index in [-0.39, 0.29) is 10.9 Å². The number of ether oxygens (including phenoxy) is 1. The predicted octanol–water partition coefficient (Wildman–Crippen LogP) is 2.01. The van der Waals surface area contributed by atoms with Gasteiger partial charge in [0.2, 0.25) is 5.91 Å². The number of aryl methyl sites for hydroxylation is 1. The van der Waals surface area contributed by atoms with Crippen LogP contribution >= 0.6 is 23.6 Å². The van der Waals surface area contributed by atoms with Crippen LogP contribution < -0.4 is 11.1 Å². The highest BCUT2D eigenvalue weighted by molar-refractivity contribution is 7.80. The minimum absolute atomic E-state index is 0.0660. The Morgan fingerprint density at radius 3 is 2.85 bits per heavy atom. The lowest BCUT2D eigenvalue weighted by atomic mass is 9.79. The van der Waals surface area contributed by atoms with Gasteiger partial charge in [-0.2, -0.15) is 0 Å². The molecule has 0 saturated carbocycles. The van der Waals surface area contributed by atoms with Gasteiger partial charge in [-0.15, -0.1) is 11.3 Å². The van der Waals surface area contributed by atoms with Crippen LogP contribution in [0, 0.1) is 5.41 Å². The first-order chi connectivity index (χ1) is 9.60. The fourth-order valence-electron chi connectivity index (χ4n) is 2.47. The van der Waals surface area contributed by atoms with Gasteiger partial charge in [0.1, 0.15) is 5.41 Å². The van der Waals surface area contributed by atoms with Crippen molar-refractivity contribution in [1.29, 1.82) is 0 Å². The van der Waals surface area contributed by atoms with E-state index in [0.29, 0.717) is 32.6 Å². The summed E-state index contributed by atoms with van der Waals surface area (Å²) in [6.07, 6.45) is 2.11. The Labute approximate surface area is 128 Å². The van der Waals surface area contributed by atoms with Gasteiger partial charge in [-0.1, -0.05) is 19.1 Å². The largest absolute Gasteiger partial charge is 0.392 e. The van der Waals surface area contributed by atoms with Gasteiger partial charge in [0, 0.05) is 18.1 Å². The van der Waals surface area contributed by atoms with Gasteiger partial charge < -0.3 is 15.8 Å². The number of amides is 1. The molecule has 1 amide bonds. The van der Waals surface area contributed by atoms with Crippen LogP contribution in [0.5, 0.6) is 0 Å². The third kappa shape index (κ3) is 3.02. The average Bonchev–Trinajstić information content (AvgIpc) is 2.92. The van der Waals surface area contributed by atoms with Gasteiger partial charge in [-0.05, 0) is 36.3 Å². The normalized spacial score (nSPS) is 17.6. The van der Waals surface area contributed by atoms with Crippen LogP contribution in [-0.2, 0) is 22.5 Å². The Morgan fingerprint density at radius 1 is 1.55 bits per heavy atom. The standard InChI is InChI=1S/C14H20N2O2S2/c1-2-10-3-8-20-11(10)9-16-13(17)14(12(15)19)4-6-18-7-5-14/h3,8H,2,4-7,9H2,1H3,(H2,15,19)(H,16,17). The van der Waals surface area contributed by atoms with Crippen LogP contribution in [0.3, 0.4) is 0 Å². The van der Waals surface area contributed by atoms with Crippen LogP contribution in [-0.4, -0.2) is 24.1 Å². The van der Waals surface area contributed by atoms with Gasteiger partial charge in [-0.25, -0.2) is 0 Å². The first-order valence-electron chi connectivity index (χ1n) is 6.81.